The lowest BCUT2D eigenvalue weighted by Gasteiger charge is -2.11. The van der Waals surface area contributed by atoms with Gasteiger partial charge < -0.3 is 5.73 Å². The maximum atomic E-state index is 6.09. The summed E-state index contributed by atoms with van der Waals surface area (Å²) in [4.78, 5) is 0. The van der Waals surface area contributed by atoms with Crippen molar-refractivity contribution < 1.29 is 0 Å². The van der Waals surface area contributed by atoms with Crippen LogP contribution in [0.15, 0.2) is 10.7 Å². The molecule has 3 nitrogen and oxygen atoms in total. The Bertz CT molecular complexity index is 331. The molecule has 1 aliphatic rings. The van der Waals surface area contributed by atoms with Gasteiger partial charge in [-0.2, -0.15) is 5.10 Å². The van der Waals surface area contributed by atoms with Crippen LogP contribution < -0.4 is 5.73 Å². The monoisotopic (exact) mass is 271 g/mol. The summed E-state index contributed by atoms with van der Waals surface area (Å²) in [5.74, 6) is 0.793. The van der Waals surface area contributed by atoms with Gasteiger partial charge in [0.15, 0.2) is 0 Å². The fourth-order valence-electron chi connectivity index (χ4n) is 1.97. The van der Waals surface area contributed by atoms with Crippen LogP contribution in [0.2, 0.25) is 0 Å². The Labute approximate surface area is 99.2 Å². The minimum absolute atomic E-state index is 0.386. The largest absolute Gasteiger partial charge is 0.327 e. The molecule has 0 radical (unpaired) electrons. The second-order valence-corrected chi connectivity index (χ2v) is 5.15. The highest BCUT2D eigenvalue weighted by molar-refractivity contribution is 9.10. The fourth-order valence-corrected chi connectivity index (χ4v) is 2.47. The van der Waals surface area contributed by atoms with Gasteiger partial charge >= 0.3 is 0 Å². The van der Waals surface area contributed by atoms with Gasteiger partial charge in [-0.05, 0) is 54.5 Å². The van der Waals surface area contributed by atoms with Crippen molar-refractivity contribution in [1.82, 2.24) is 9.78 Å². The zero-order valence-corrected chi connectivity index (χ0v) is 10.7. The predicted octanol–water partition coefficient (Wildman–Crippen LogP) is 2.34. The minimum Gasteiger partial charge on any atom is -0.327 e. The van der Waals surface area contributed by atoms with E-state index in [2.05, 4.69) is 28.0 Å². The van der Waals surface area contributed by atoms with Gasteiger partial charge in [0.25, 0.3) is 0 Å². The summed E-state index contributed by atoms with van der Waals surface area (Å²) in [5, 5.41) is 4.30. The summed E-state index contributed by atoms with van der Waals surface area (Å²) in [6.45, 7) is 3.04. The van der Waals surface area contributed by atoms with Crippen molar-refractivity contribution in [3.05, 3.63) is 16.4 Å². The number of aromatic nitrogens is 2. The van der Waals surface area contributed by atoms with Gasteiger partial charge in [-0.1, -0.05) is 0 Å². The van der Waals surface area contributed by atoms with Crippen LogP contribution in [0.25, 0.3) is 0 Å². The lowest BCUT2D eigenvalue weighted by Crippen LogP contribution is -2.23. The first-order valence-electron chi connectivity index (χ1n) is 5.68. The Morgan fingerprint density at radius 2 is 2.40 bits per heavy atom. The molecule has 0 aromatic carbocycles. The van der Waals surface area contributed by atoms with Crippen molar-refractivity contribution in [3.63, 3.8) is 0 Å². The Morgan fingerprint density at radius 1 is 1.67 bits per heavy atom. The number of hydrogen-bond donors (Lipinski definition) is 1. The SMILES string of the molecule is CCn1ncc(Br)c1CCC(N)C1CC1. The number of rotatable bonds is 5. The van der Waals surface area contributed by atoms with Gasteiger partial charge in [0, 0.05) is 12.6 Å². The van der Waals surface area contributed by atoms with Crippen molar-refractivity contribution in [2.24, 2.45) is 11.7 Å². The minimum atomic E-state index is 0.386. The molecule has 0 amide bonds. The highest BCUT2D eigenvalue weighted by Crippen LogP contribution is 2.33. The standard InChI is InChI=1S/C11H18BrN3/c1-2-15-11(9(12)7-14-15)6-5-10(13)8-3-4-8/h7-8,10H,2-6,13H2,1H3. The molecule has 1 fully saturated rings. The molecular weight excluding hydrogens is 254 g/mol. The van der Waals surface area contributed by atoms with Crippen molar-refractivity contribution in [2.45, 2.75) is 45.2 Å². The van der Waals surface area contributed by atoms with E-state index >= 15 is 0 Å². The topological polar surface area (TPSA) is 43.8 Å². The zero-order chi connectivity index (χ0) is 10.8. The number of nitrogens with zero attached hydrogens (tertiary/aromatic N) is 2. The summed E-state index contributed by atoms with van der Waals surface area (Å²) in [5.41, 5.74) is 7.38. The summed E-state index contributed by atoms with van der Waals surface area (Å²) >= 11 is 3.54. The molecular formula is C11H18BrN3. The van der Waals surface area contributed by atoms with Crippen LogP contribution in [0.5, 0.6) is 0 Å². The van der Waals surface area contributed by atoms with E-state index in [1.54, 1.807) is 0 Å². The maximum absolute atomic E-state index is 6.09. The molecule has 1 aromatic rings. The predicted molar refractivity (Wildman–Crippen MR) is 64.6 cm³/mol. The quantitative estimate of drug-likeness (QED) is 0.894. The molecule has 1 saturated carbocycles. The Kier molecular flexibility index (Phi) is 3.46. The zero-order valence-electron chi connectivity index (χ0n) is 9.12. The van der Waals surface area contributed by atoms with Crippen molar-refractivity contribution in [2.75, 3.05) is 0 Å². The summed E-state index contributed by atoms with van der Waals surface area (Å²) in [7, 11) is 0. The molecule has 15 heavy (non-hydrogen) atoms. The van der Waals surface area contributed by atoms with Crippen molar-refractivity contribution in [3.8, 4) is 0 Å². The highest BCUT2D eigenvalue weighted by Gasteiger charge is 2.28. The molecule has 1 atom stereocenters. The van der Waals surface area contributed by atoms with Gasteiger partial charge in [-0.15, -0.1) is 0 Å². The third-order valence-corrected chi connectivity index (χ3v) is 3.80. The second kappa shape index (κ2) is 4.66. The van der Waals surface area contributed by atoms with E-state index in [1.807, 2.05) is 10.9 Å². The highest BCUT2D eigenvalue weighted by atomic mass is 79.9. The summed E-state index contributed by atoms with van der Waals surface area (Å²) in [6.07, 6.45) is 6.65. The van der Waals surface area contributed by atoms with E-state index in [9.17, 15) is 0 Å². The second-order valence-electron chi connectivity index (χ2n) is 4.29. The smallest absolute Gasteiger partial charge is 0.0635 e. The molecule has 2 N–H and O–H groups in total. The van der Waals surface area contributed by atoms with E-state index in [0.717, 1.165) is 29.8 Å². The number of aryl methyl sites for hydroxylation is 1. The van der Waals surface area contributed by atoms with Crippen LogP contribution in [0, 0.1) is 5.92 Å². The number of nitrogens with two attached hydrogens (primary N) is 1. The summed E-state index contributed by atoms with van der Waals surface area (Å²) < 4.78 is 3.16. The first-order valence-corrected chi connectivity index (χ1v) is 6.47. The van der Waals surface area contributed by atoms with Gasteiger partial charge in [-0.3, -0.25) is 4.68 Å². The molecule has 0 saturated heterocycles. The third kappa shape index (κ3) is 2.61. The molecule has 1 aromatic heterocycles. The van der Waals surface area contributed by atoms with E-state index in [1.165, 1.54) is 18.5 Å². The van der Waals surface area contributed by atoms with Gasteiger partial charge in [0.05, 0.1) is 16.4 Å². The van der Waals surface area contributed by atoms with Crippen LogP contribution in [0.1, 0.15) is 31.9 Å². The van der Waals surface area contributed by atoms with Gasteiger partial charge in [-0.25, -0.2) is 0 Å². The molecule has 4 heteroatoms. The average Bonchev–Trinajstić information content (AvgIpc) is 3.01. The first kappa shape index (κ1) is 11.1. The Morgan fingerprint density at radius 3 is 3.00 bits per heavy atom. The van der Waals surface area contributed by atoms with Gasteiger partial charge in [0.1, 0.15) is 0 Å². The normalized spacial score (nSPS) is 18.1. The molecule has 2 rings (SSSR count). The Hall–Kier alpha value is -0.350. The lowest BCUT2D eigenvalue weighted by atomic mass is 10.1. The molecule has 1 aliphatic carbocycles. The lowest BCUT2D eigenvalue weighted by molar-refractivity contribution is 0.527. The third-order valence-electron chi connectivity index (χ3n) is 3.14. The van der Waals surface area contributed by atoms with E-state index in [-0.39, 0.29) is 0 Å². The maximum Gasteiger partial charge on any atom is 0.0635 e. The van der Waals surface area contributed by atoms with Gasteiger partial charge in [0.2, 0.25) is 0 Å². The molecule has 1 heterocycles. The average molecular weight is 272 g/mol. The van der Waals surface area contributed by atoms with E-state index in [4.69, 9.17) is 5.73 Å². The van der Waals surface area contributed by atoms with Crippen LogP contribution in [0.4, 0.5) is 0 Å². The number of halogens is 1. The molecule has 0 aliphatic heterocycles. The van der Waals surface area contributed by atoms with Crippen LogP contribution in [-0.4, -0.2) is 15.8 Å². The van der Waals surface area contributed by atoms with Crippen LogP contribution in [-0.2, 0) is 13.0 Å². The fraction of sp³-hybridized carbons (Fsp3) is 0.727. The molecule has 1 unspecified atom stereocenters. The van der Waals surface area contributed by atoms with E-state index in [0.29, 0.717) is 6.04 Å². The molecule has 0 bridgehead atoms. The number of hydrogen-bond acceptors (Lipinski definition) is 2. The first-order chi connectivity index (χ1) is 7.22. The van der Waals surface area contributed by atoms with Crippen LogP contribution in [0.3, 0.4) is 0 Å². The molecule has 84 valence electrons. The molecule has 0 spiro atoms. The van der Waals surface area contributed by atoms with Crippen molar-refractivity contribution >= 4 is 15.9 Å². The summed E-state index contributed by atoms with van der Waals surface area (Å²) in [6, 6.07) is 0.386. The Balaban J connectivity index is 1.93. The van der Waals surface area contributed by atoms with Crippen molar-refractivity contribution in [1.29, 1.82) is 0 Å². The van der Waals surface area contributed by atoms with Crippen LogP contribution >= 0.6 is 15.9 Å². The van der Waals surface area contributed by atoms with E-state index < -0.39 is 0 Å².